The van der Waals surface area contributed by atoms with Crippen molar-refractivity contribution >= 4 is 0 Å². The van der Waals surface area contributed by atoms with Gasteiger partial charge in [0.1, 0.15) is 0 Å². The largest absolute Gasteiger partial charge is 0.493 e. The highest BCUT2D eigenvalue weighted by Crippen LogP contribution is 2.60. The molecule has 0 aromatic heterocycles. The minimum Gasteiger partial charge on any atom is -0.493 e. The van der Waals surface area contributed by atoms with Crippen molar-refractivity contribution in [1.29, 1.82) is 5.26 Å². The van der Waals surface area contributed by atoms with Crippen LogP contribution >= 0.6 is 0 Å². The van der Waals surface area contributed by atoms with Crippen molar-refractivity contribution in [3.63, 3.8) is 0 Å². The molecule has 0 aliphatic heterocycles. The molecular weight excluding hydrogens is 396 g/mol. The number of methoxy groups -OCH3 is 2. The Balaban J connectivity index is 1.41. The summed E-state index contributed by atoms with van der Waals surface area (Å²) in [5, 5.41) is 10.3. The van der Waals surface area contributed by atoms with Gasteiger partial charge in [0.2, 0.25) is 0 Å². The van der Waals surface area contributed by atoms with Gasteiger partial charge < -0.3 is 14.4 Å². The zero-order chi connectivity index (χ0) is 22.9. The Morgan fingerprint density at radius 3 is 2.16 bits per heavy atom. The summed E-state index contributed by atoms with van der Waals surface area (Å²) in [5.74, 6) is 4.65. The summed E-state index contributed by atoms with van der Waals surface area (Å²) < 4.78 is 10.9. The molecule has 0 heterocycles. The SMILES string of the molecule is COc1ccc(C(C#N)(CCCN(C)CC23CC4CC(CC(C4)C2)C3)C(C)C)cc1OC. The molecule has 1 unspecified atom stereocenters. The van der Waals surface area contributed by atoms with Gasteiger partial charge in [-0.1, -0.05) is 19.9 Å². The average molecular weight is 439 g/mol. The molecular formula is C28H42N2O2. The normalized spacial score (nSPS) is 30.4. The number of rotatable bonds is 10. The lowest BCUT2D eigenvalue weighted by Gasteiger charge is -2.57. The third kappa shape index (κ3) is 4.38. The van der Waals surface area contributed by atoms with E-state index in [-0.39, 0.29) is 5.92 Å². The Kier molecular flexibility index (Phi) is 6.78. The van der Waals surface area contributed by atoms with Crippen LogP contribution in [-0.4, -0.2) is 39.3 Å². The van der Waals surface area contributed by atoms with Crippen LogP contribution in [0.4, 0.5) is 0 Å². The molecule has 0 N–H and O–H groups in total. The lowest BCUT2D eigenvalue weighted by molar-refractivity contribution is -0.0663. The smallest absolute Gasteiger partial charge is 0.161 e. The summed E-state index contributed by atoms with van der Waals surface area (Å²) >= 11 is 0. The fourth-order valence-electron chi connectivity index (χ4n) is 7.89. The quantitative estimate of drug-likeness (QED) is 0.446. The first-order valence-electron chi connectivity index (χ1n) is 12.7. The van der Waals surface area contributed by atoms with E-state index in [0.717, 1.165) is 42.7 Å². The third-order valence-electron chi connectivity index (χ3n) is 8.97. The van der Waals surface area contributed by atoms with Gasteiger partial charge in [0.25, 0.3) is 0 Å². The molecule has 4 bridgehead atoms. The minimum absolute atomic E-state index is 0.221. The molecule has 4 heteroatoms. The van der Waals surface area contributed by atoms with Crippen LogP contribution in [0.3, 0.4) is 0 Å². The van der Waals surface area contributed by atoms with E-state index in [1.807, 2.05) is 18.2 Å². The van der Waals surface area contributed by atoms with Gasteiger partial charge in [-0.2, -0.15) is 5.26 Å². The van der Waals surface area contributed by atoms with Crippen LogP contribution in [0.25, 0.3) is 0 Å². The first-order chi connectivity index (χ1) is 15.3. The van der Waals surface area contributed by atoms with Crippen LogP contribution in [0.15, 0.2) is 18.2 Å². The summed E-state index contributed by atoms with van der Waals surface area (Å²) in [6, 6.07) is 8.68. The average Bonchev–Trinajstić information content (AvgIpc) is 2.74. The van der Waals surface area contributed by atoms with Crippen LogP contribution in [0.5, 0.6) is 11.5 Å². The van der Waals surface area contributed by atoms with Crippen LogP contribution in [-0.2, 0) is 5.41 Å². The Morgan fingerprint density at radius 1 is 1.06 bits per heavy atom. The zero-order valence-corrected chi connectivity index (χ0v) is 20.8. The Hall–Kier alpha value is -1.73. The summed E-state index contributed by atoms with van der Waals surface area (Å²) in [4.78, 5) is 2.57. The number of nitrogens with zero attached hydrogens (tertiary/aromatic N) is 2. The van der Waals surface area contributed by atoms with Crippen molar-refractivity contribution in [3.05, 3.63) is 23.8 Å². The summed E-state index contributed by atoms with van der Waals surface area (Å²) in [5.41, 5.74) is 1.11. The topological polar surface area (TPSA) is 45.5 Å². The molecule has 0 saturated heterocycles. The Bertz CT molecular complexity index is 807. The maximum absolute atomic E-state index is 10.3. The molecule has 1 atom stereocenters. The lowest BCUT2D eigenvalue weighted by atomic mass is 9.49. The second kappa shape index (κ2) is 9.26. The number of ether oxygens (including phenoxy) is 2. The molecule has 4 nitrogen and oxygen atoms in total. The number of benzene rings is 1. The summed E-state index contributed by atoms with van der Waals surface area (Å²) in [6.45, 7) is 6.64. The standard InChI is InChI=1S/C28H42N2O2/c1-20(2)28(18-29,24-7-8-25(31-4)26(14-24)32-5)9-6-10-30(3)19-27-15-21-11-22(16-27)13-23(12-21)17-27/h7-8,14,20-23H,6,9-13,15-17,19H2,1-5H3. The van der Waals surface area contributed by atoms with Crippen LogP contribution in [0, 0.1) is 40.4 Å². The number of hydrogen-bond acceptors (Lipinski definition) is 4. The molecule has 4 aliphatic carbocycles. The highest BCUT2D eigenvalue weighted by Gasteiger charge is 2.51. The van der Waals surface area contributed by atoms with Crippen molar-refractivity contribution < 1.29 is 9.47 Å². The summed E-state index contributed by atoms with van der Waals surface area (Å²) in [6.07, 6.45) is 10.8. The summed E-state index contributed by atoms with van der Waals surface area (Å²) in [7, 11) is 5.61. The van der Waals surface area contributed by atoms with Gasteiger partial charge in [-0.25, -0.2) is 0 Å². The van der Waals surface area contributed by atoms with Gasteiger partial charge in [0.15, 0.2) is 11.5 Å². The molecule has 1 aromatic rings. The third-order valence-corrected chi connectivity index (χ3v) is 8.97. The predicted molar refractivity (Wildman–Crippen MR) is 129 cm³/mol. The Labute approximate surface area is 195 Å². The van der Waals surface area contributed by atoms with E-state index in [9.17, 15) is 5.26 Å². The predicted octanol–water partition coefficient (Wildman–Crippen LogP) is 6.05. The number of hydrogen-bond donors (Lipinski definition) is 0. The molecule has 1 aromatic carbocycles. The van der Waals surface area contributed by atoms with Gasteiger partial charge in [-0.05, 0) is 112 Å². The molecule has 0 spiro atoms. The van der Waals surface area contributed by atoms with Crippen LogP contribution in [0.1, 0.15) is 70.8 Å². The minimum atomic E-state index is -0.513. The first-order valence-corrected chi connectivity index (χ1v) is 12.7. The van der Waals surface area contributed by atoms with Gasteiger partial charge in [0, 0.05) is 6.54 Å². The van der Waals surface area contributed by atoms with Gasteiger partial charge in [-0.3, -0.25) is 0 Å². The molecule has 0 radical (unpaired) electrons. The van der Waals surface area contributed by atoms with Gasteiger partial charge in [0.05, 0.1) is 25.7 Å². The van der Waals surface area contributed by atoms with Gasteiger partial charge in [-0.15, -0.1) is 0 Å². The fraction of sp³-hybridized carbons (Fsp3) is 0.750. The molecule has 32 heavy (non-hydrogen) atoms. The van der Waals surface area contributed by atoms with Gasteiger partial charge >= 0.3 is 0 Å². The molecule has 4 aliphatic rings. The van der Waals surface area contributed by atoms with E-state index in [0.29, 0.717) is 16.9 Å². The molecule has 176 valence electrons. The van der Waals surface area contributed by atoms with Crippen molar-refractivity contribution in [1.82, 2.24) is 4.90 Å². The Morgan fingerprint density at radius 2 is 1.66 bits per heavy atom. The second-order valence-corrected chi connectivity index (χ2v) is 11.6. The molecule has 4 saturated carbocycles. The van der Waals surface area contributed by atoms with E-state index in [2.05, 4.69) is 31.9 Å². The fourth-order valence-corrected chi connectivity index (χ4v) is 7.89. The van der Waals surface area contributed by atoms with E-state index in [4.69, 9.17) is 9.47 Å². The lowest BCUT2D eigenvalue weighted by Crippen LogP contribution is -2.50. The maximum Gasteiger partial charge on any atom is 0.161 e. The molecule has 4 fully saturated rings. The van der Waals surface area contributed by atoms with E-state index < -0.39 is 5.41 Å². The van der Waals surface area contributed by atoms with Crippen molar-refractivity contribution in [3.8, 4) is 17.6 Å². The van der Waals surface area contributed by atoms with E-state index in [1.54, 1.807) is 14.2 Å². The highest BCUT2D eigenvalue weighted by atomic mass is 16.5. The van der Waals surface area contributed by atoms with Crippen molar-refractivity contribution in [2.75, 3.05) is 34.4 Å². The van der Waals surface area contributed by atoms with Crippen molar-refractivity contribution in [2.24, 2.45) is 29.1 Å². The maximum atomic E-state index is 10.3. The van der Waals surface area contributed by atoms with Crippen molar-refractivity contribution in [2.45, 2.75) is 70.6 Å². The second-order valence-electron chi connectivity index (χ2n) is 11.6. The highest BCUT2D eigenvalue weighted by molar-refractivity contribution is 5.47. The zero-order valence-electron chi connectivity index (χ0n) is 20.8. The number of nitriles is 1. The first kappa shape index (κ1) is 23.4. The molecule has 5 rings (SSSR count). The van der Waals surface area contributed by atoms with Crippen LogP contribution < -0.4 is 9.47 Å². The van der Waals surface area contributed by atoms with E-state index >= 15 is 0 Å². The molecule has 0 amide bonds. The van der Waals surface area contributed by atoms with Crippen LogP contribution in [0.2, 0.25) is 0 Å². The van der Waals surface area contributed by atoms with E-state index in [1.165, 1.54) is 45.1 Å². The monoisotopic (exact) mass is 438 g/mol.